The zero-order valence-corrected chi connectivity index (χ0v) is 8.98. The first-order valence-electron chi connectivity index (χ1n) is 5.14. The molecule has 1 atom stereocenters. The van der Waals surface area contributed by atoms with E-state index in [2.05, 4.69) is 32.2 Å². The molecule has 0 amide bonds. The van der Waals surface area contributed by atoms with Crippen LogP contribution in [0.2, 0.25) is 0 Å². The molecular weight excluding hydrogens is 146 g/mol. The lowest BCUT2D eigenvalue weighted by Gasteiger charge is -2.17. The monoisotopic (exact) mass is 169 g/mol. The van der Waals surface area contributed by atoms with Crippen LogP contribution in [-0.4, -0.2) is 7.05 Å². The van der Waals surface area contributed by atoms with Gasteiger partial charge in [0.05, 0.1) is 0 Å². The van der Waals surface area contributed by atoms with Crippen LogP contribution in [0.4, 0.5) is 0 Å². The SMILES string of the molecule is C/C=C(/NC)C(CC)CCCC. The van der Waals surface area contributed by atoms with Crippen molar-refractivity contribution in [2.24, 2.45) is 5.92 Å². The first kappa shape index (κ1) is 11.5. The first-order chi connectivity index (χ1) is 5.79. The predicted molar refractivity (Wildman–Crippen MR) is 56.1 cm³/mol. The van der Waals surface area contributed by atoms with Crippen molar-refractivity contribution in [2.75, 3.05) is 7.05 Å². The summed E-state index contributed by atoms with van der Waals surface area (Å²) in [4.78, 5) is 0. The Balaban J connectivity index is 3.94. The molecule has 0 aliphatic rings. The van der Waals surface area contributed by atoms with Gasteiger partial charge < -0.3 is 5.32 Å². The van der Waals surface area contributed by atoms with Crippen LogP contribution in [0.5, 0.6) is 0 Å². The van der Waals surface area contributed by atoms with Crippen LogP contribution in [0.1, 0.15) is 46.5 Å². The highest BCUT2D eigenvalue weighted by Crippen LogP contribution is 2.19. The van der Waals surface area contributed by atoms with Crippen molar-refractivity contribution in [3.05, 3.63) is 11.8 Å². The van der Waals surface area contributed by atoms with Crippen LogP contribution in [0.25, 0.3) is 0 Å². The molecule has 1 nitrogen and oxygen atoms in total. The zero-order valence-electron chi connectivity index (χ0n) is 8.98. The molecule has 0 bridgehead atoms. The van der Waals surface area contributed by atoms with Gasteiger partial charge >= 0.3 is 0 Å². The maximum Gasteiger partial charge on any atom is 0.00921 e. The summed E-state index contributed by atoms with van der Waals surface area (Å²) >= 11 is 0. The summed E-state index contributed by atoms with van der Waals surface area (Å²) in [6.07, 6.45) is 7.42. The maximum absolute atomic E-state index is 3.27. The molecule has 0 rings (SSSR count). The van der Waals surface area contributed by atoms with Crippen LogP contribution < -0.4 is 5.32 Å². The molecule has 0 saturated carbocycles. The lowest BCUT2D eigenvalue weighted by molar-refractivity contribution is 0.492. The lowest BCUT2D eigenvalue weighted by atomic mass is 9.95. The number of hydrogen-bond acceptors (Lipinski definition) is 1. The normalized spacial score (nSPS) is 14.5. The highest BCUT2D eigenvalue weighted by molar-refractivity contribution is 5.01. The summed E-state index contributed by atoms with van der Waals surface area (Å²) in [6.45, 7) is 6.63. The number of allylic oxidation sites excluding steroid dienone is 2. The second kappa shape index (κ2) is 7.20. The molecular formula is C11H23N. The van der Waals surface area contributed by atoms with Gasteiger partial charge in [-0.05, 0) is 25.7 Å². The van der Waals surface area contributed by atoms with Crippen LogP contribution in [0.15, 0.2) is 11.8 Å². The Morgan fingerprint density at radius 1 is 1.42 bits per heavy atom. The van der Waals surface area contributed by atoms with Gasteiger partial charge in [0.2, 0.25) is 0 Å². The Morgan fingerprint density at radius 3 is 2.42 bits per heavy atom. The van der Waals surface area contributed by atoms with E-state index in [1.807, 2.05) is 7.05 Å². The summed E-state index contributed by atoms with van der Waals surface area (Å²) in [5.41, 5.74) is 1.41. The van der Waals surface area contributed by atoms with E-state index in [1.54, 1.807) is 0 Å². The Bertz CT molecular complexity index is 127. The van der Waals surface area contributed by atoms with E-state index < -0.39 is 0 Å². The van der Waals surface area contributed by atoms with Crippen molar-refractivity contribution in [1.29, 1.82) is 0 Å². The highest BCUT2D eigenvalue weighted by Gasteiger charge is 2.08. The van der Waals surface area contributed by atoms with Gasteiger partial charge in [-0.25, -0.2) is 0 Å². The Morgan fingerprint density at radius 2 is 2.08 bits per heavy atom. The van der Waals surface area contributed by atoms with Crippen molar-refractivity contribution >= 4 is 0 Å². The molecule has 0 heterocycles. The smallest absolute Gasteiger partial charge is 0.00921 e. The minimum atomic E-state index is 0.750. The zero-order chi connectivity index (χ0) is 9.40. The number of rotatable bonds is 6. The fraction of sp³-hybridized carbons (Fsp3) is 0.818. The van der Waals surface area contributed by atoms with Crippen molar-refractivity contribution in [3.8, 4) is 0 Å². The largest absolute Gasteiger partial charge is 0.391 e. The van der Waals surface area contributed by atoms with Gasteiger partial charge in [0.1, 0.15) is 0 Å². The molecule has 0 spiro atoms. The van der Waals surface area contributed by atoms with Gasteiger partial charge in [-0.1, -0.05) is 32.8 Å². The third kappa shape index (κ3) is 3.80. The maximum atomic E-state index is 3.27. The van der Waals surface area contributed by atoms with Crippen molar-refractivity contribution < 1.29 is 0 Å². The topological polar surface area (TPSA) is 12.0 Å². The average molecular weight is 169 g/mol. The highest BCUT2D eigenvalue weighted by atomic mass is 14.8. The van der Waals surface area contributed by atoms with E-state index in [4.69, 9.17) is 0 Å². The van der Waals surface area contributed by atoms with Gasteiger partial charge in [0.15, 0.2) is 0 Å². The number of hydrogen-bond donors (Lipinski definition) is 1. The summed E-state index contributed by atoms with van der Waals surface area (Å²) in [6, 6.07) is 0. The molecule has 0 fully saturated rings. The van der Waals surface area contributed by atoms with Crippen molar-refractivity contribution in [3.63, 3.8) is 0 Å². The molecule has 1 N–H and O–H groups in total. The molecule has 0 radical (unpaired) electrons. The molecule has 72 valence electrons. The summed E-state index contributed by atoms with van der Waals surface area (Å²) in [5.74, 6) is 0.750. The van der Waals surface area contributed by atoms with E-state index in [9.17, 15) is 0 Å². The Labute approximate surface area is 77.2 Å². The standard InChI is InChI=1S/C11H23N/c1-5-8-9-10(6-2)11(7-3)12-4/h7,10,12H,5-6,8-9H2,1-4H3/b11-7+. The lowest BCUT2D eigenvalue weighted by Crippen LogP contribution is -2.15. The molecule has 0 aliphatic heterocycles. The van der Waals surface area contributed by atoms with Crippen molar-refractivity contribution in [1.82, 2.24) is 5.32 Å². The van der Waals surface area contributed by atoms with Gasteiger partial charge in [0.25, 0.3) is 0 Å². The van der Waals surface area contributed by atoms with E-state index >= 15 is 0 Å². The predicted octanol–water partition coefficient (Wildman–Crippen LogP) is 3.33. The summed E-state index contributed by atoms with van der Waals surface area (Å²) in [7, 11) is 2.02. The third-order valence-corrected chi connectivity index (χ3v) is 2.44. The van der Waals surface area contributed by atoms with Crippen LogP contribution in [0.3, 0.4) is 0 Å². The molecule has 0 saturated heterocycles. The summed E-state index contributed by atoms with van der Waals surface area (Å²) in [5, 5.41) is 3.27. The Kier molecular flexibility index (Phi) is 6.93. The quantitative estimate of drug-likeness (QED) is 0.643. The Hall–Kier alpha value is -0.460. The number of nitrogens with one attached hydrogen (secondary N) is 1. The minimum absolute atomic E-state index is 0.750. The molecule has 0 aromatic rings. The fourth-order valence-corrected chi connectivity index (χ4v) is 1.61. The number of unbranched alkanes of at least 4 members (excludes halogenated alkanes) is 1. The summed E-state index contributed by atoms with van der Waals surface area (Å²) < 4.78 is 0. The molecule has 1 unspecified atom stereocenters. The van der Waals surface area contributed by atoms with Crippen LogP contribution in [-0.2, 0) is 0 Å². The van der Waals surface area contributed by atoms with Crippen LogP contribution >= 0.6 is 0 Å². The van der Waals surface area contributed by atoms with E-state index in [0.29, 0.717) is 0 Å². The molecule has 0 aromatic heterocycles. The molecule has 1 heteroatoms. The third-order valence-electron chi connectivity index (χ3n) is 2.44. The van der Waals surface area contributed by atoms with E-state index in [0.717, 1.165) is 5.92 Å². The van der Waals surface area contributed by atoms with Gasteiger partial charge in [-0.15, -0.1) is 0 Å². The van der Waals surface area contributed by atoms with Crippen LogP contribution in [0, 0.1) is 5.92 Å². The van der Waals surface area contributed by atoms with Gasteiger partial charge in [-0.2, -0.15) is 0 Å². The van der Waals surface area contributed by atoms with Gasteiger partial charge in [-0.3, -0.25) is 0 Å². The van der Waals surface area contributed by atoms with Crippen molar-refractivity contribution in [2.45, 2.75) is 46.5 Å². The van der Waals surface area contributed by atoms with E-state index in [1.165, 1.54) is 31.4 Å². The molecule has 12 heavy (non-hydrogen) atoms. The second-order valence-electron chi connectivity index (χ2n) is 3.24. The van der Waals surface area contributed by atoms with E-state index in [-0.39, 0.29) is 0 Å². The molecule has 0 aliphatic carbocycles. The molecule has 0 aromatic carbocycles. The van der Waals surface area contributed by atoms with Gasteiger partial charge in [0, 0.05) is 12.7 Å². The minimum Gasteiger partial charge on any atom is -0.391 e. The first-order valence-corrected chi connectivity index (χ1v) is 5.14. The average Bonchev–Trinajstić information content (AvgIpc) is 2.12. The fourth-order valence-electron chi connectivity index (χ4n) is 1.61. The second-order valence-corrected chi connectivity index (χ2v) is 3.24.